The summed E-state index contributed by atoms with van der Waals surface area (Å²) < 4.78 is 19.4. The number of morpholine rings is 1. The summed E-state index contributed by atoms with van der Waals surface area (Å²) in [5, 5.41) is 5.60. The van der Waals surface area contributed by atoms with Gasteiger partial charge in [0.25, 0.3) is 0 Å². The summed E-state index contributed by atoms with van der Waals surface area (Å²) in [5.41, 5.74) is 0.714. The second-order valence-corrected chi connectivity index (χ2v) is 9.44. The van der Waals surface area contributed by atoms with Crippen molar-refractivity contribution in [3.63, 3.8) is 0 Å². The van der Waals surface area contributed by atoms with Crippen LogP contribution in [0.15, 0.2) is 18.2 Å². The molecule has 1 aromatic heterocycles. The molecule has 2 unspecified atom stereocenters. The quantitative estimate of drug-likeness (QED) is 0.537. The number of H-pyrrole nitrogens is 1. The van der Waals surface area contributed by atoms with Crippen LogP contribution in [-0.2, 0) is 14.3 Å². The fourth-order valence-corrected chi connectivity index (χ4v) is 4.86. The molecule has 1 aromatic carbocycles. The fraction of sp³-hybridized carbons (Fsp3) is 0.600. The highest BCUT2D eigenvalue weighted by molar-refractivity contribution is 5.92. The number of piperidine rings is 1. The minimum Gasteiger partial charge on any atom is -0.378 e. The Morgan fingerprint density at radius 1 is 1.19 bits per heavy atom. The molecule has 0 bridgehead atoms. The van der Waals surface area contributed by atoms with Crippen molar-refractivity contribution >= 4 is 28.9 Å². The van der Waals surface area contributed by atoms with Crippen molar-refractivity contribution in [1.29, 1.82) is 0 Å². The summed E-state index contributed by atoms with van der Waals surface area (Å²) in [4.78, 5) is 50.2. The number of amides is 4. The molecular formula is C25H35FN6O4. The second-order valence-electron chi connectivity index (χ2n) is 9.44. The number of urea groups is 1. The number of imidazole rings is 1. The first-order valence-corrected chi connectivity index (χ1v) is 12.7. The maximum absolute atomic E-state index is 14.1. The zero-order valence-corrected chi connectivity index (χ0v) is 20.9. The number of aromatic amines is 1. The van der Waals surface area contributed by atoms with Crippen LogP contribution in [-0.4, -0.2) is 82.5 Å². The lowest BCUT2D eigenvalue weighted by molar-refractivity contribution is -0.138. The molecule has 10 nitrogen and oxygen atoms in total. The lowest BCUT2D eigenvalue weighted by Crippen LogP contribution is -2.55. The zero-order valence-electron chi connectivity index (χ0n) is 20.9. The van der Waals surface area contributed by atoms with E-state index in [0.717, 1.165) is 25.7 Å². The van der Waals surface area contributed by atoms with Gasteiger partial charge in [-0.05, 0) is 44.7 Å². The monoisotopic (exact) mass is 502 g/mol. The maximum Gasteiger partial charge on any atom is 0.318 e. The van der Waals surface area contributed by atoms with E-state index in [2.05, 4.69) is 27.5 Å². The highest BCUT2D eigenvalue weighted by Gasteiger charge is 2.32. The van der Waals surface area contributed by atoms with Crippen molar-refractivity contribution in [3.05, 3.63) is 29.8 Å². The molecule has 196 valence electrons. The number of nitrogens with zero attached hydrogens (tertiary/aromatic N) is 3. The van der Waals surface area contributed by atoms with E-state index in [4.69, 9.17) is 4.74 Å². The molecule has 2 fully saturated rings. The lowest BCUT2D eigenvalue weighted by Gasteiger charge is -2.36. The van der Waals surface area contributed by atoms with Crippen LogP contribution in [0, 0.1) is 5.82 Å². The fourth-order valence-electron chi connectivity index (χ4n) is 4.86. The number of ether oxygens (including phenoxy) is 1. The van der Waals surface area contributed by atoms with Gasteiger partial charge < -0.3 is 30.2 Å². The van der Waals surface area contributed by atoms with Crippen LogP contribution in [0.1, 0.15) is 57.8 Å². The molecule has 36 heavy (non-hydrogen) atoms. The van der Waals surface area contributed by atoms with Crippen LogP contribution < -0.4 is 10.6 Å². The van der Waals surface area contributed by atoms with Gasteiger partial charge in [0.1, 0.15) is 17.4 Å². The van der Waals surface area contributed by atoms with Gasteiger partial charge in [0, 0.05) is 25.7 Å². The molecule has 2 aliphatic rings. The van der Waals surface area contributed by atoms with Crippen LogP contribution >= 0.6 is 0 Å². The topological polar surface area (TPSA) is 120 Å². The lowest BCUT2D eigenvalue weighted by atomic mass is 9.99. The largest absolute Gasteiger partial charge is 0.378 e. The number of halogens is 1. The Hall–Kier alpha value is -3.21. The van der Waals surface area contributed by atoms with Gasteiger partial charge in [-0.1, -0.05) is 13.0 Å². The number of hydrogen-bond donors (Lipinski definition) is 3. The summed E-state index contributed by atoms with van der Waals surface area (Å²) in [5.74, 6) is -0.720. The Bertz CT molecular complexity index is 1090. The SMILES string of the molecule is CCC1CCCCN1C(=O)CC(NC(=O)N1CCOCC1)C(=O)N[C@@H](C)c1nc2c(F)cccc2[nH]1. The molecule has 0 radical (unpaired) electrons. The summed E-state index contributed by atoms with van der Waals surface area (Å²) in [7, 11) is 0. The van der Waals surface area contributed by atoms with Gasteiger partial charge >= 0.3 is 6.03 Å². The normalized spacial score (nSPS) is 20.1. The van der Waals surface area contributed by atoms with Gasteiger partial charge in [0.15, 0.2) is 5.82 Å². The summed E-state index contributed by atoms with van der Waals surface area (Å²) in [6.07, 6.45) is 3.66. The van der Waals surface area contributed by atoms with Crippen molar-refractivity contribution in [2.75, 3.05) is 32.8 Å². The molecule has 4 amide bonds. The minimum atomic E-state index is -1.06. The number of carbonyl (C=O) groups excluding carboxylic acids is 3. The molecule has 2 aliphatic heterocycles. The Morgan fingerprint density at radius 2 is 1.97 bits per heavy atom. The number of rotatable bonds is 7. The third kappa shape index (κ3) is 5.95. The van der Waals surface area contributed by atoms with Gasteiger partial charge in [-0.15, -0.1) is 0 Å². The molecule has 0 spiro atoms. The number of benzene rings is 1. The number of nitrogens with one attached hydrogen (secondary N) is 3. The van der Waals surface area contributed by atoms with Crippen LogP contribution in [0.3, 0.4) is 0 Å². The van der Waals surface area contributed by atoms with Gasteiger partial charge in [-0.2, -0.15) is 0 Å². The number of likely N-dealkylation sites (tertiary alicyclic amines) is 1. The highest BCUT2D eigenvalue weighted by Crippen LogP contribution is 2.22. The predicted octanol–water partition coefficient (Wildman–Crippen LogP) is 2.47. The van der Waals surface area contributed by atoms with Crippen LogP contribution in [0.4, 0.5) is 9.18 Å². The Labute approximate surface area is 209 Å². The minimum absolute atomic E-state index is 0.139. The third-order valence-electron chi connectivity index (χ3n) is 6.96. The first-order chi connectivity index (χ1) is 17.4. The van der Waals surface area contributed by atoms with E-state index in [9.17, 15) is 18.8 Å². The Kier molecular flexibility index (Phi) is 8.40. The highest BCUT2D eigenvalue weighted by atomic mass is 19.1. The summed E-state index contributed by atoms with van der Waals surface area (Å²) in [6, 6.07) is 2.69. The van der Waals surface area contributed by atoms with Gasteiger partial charge in [-0.3, -0.25) is 9.59 Å². The molecule has 0 saturated carbocycles. The average Bonchev–Trinajstić information content (AvgIpc) is 3.34. The van der Waals surface area contributed by atoms with E-state index in [0.29, 0.717) is 44.2 Å². The van der Waals surface area contributed by atoms with Gasteiger partial charge in [0.2, 0.25) is 11.8 Å². The first kappa shape index (κ1) is 25.9. The molecular weight excluding hydrogens is 467 g/mol. The van der Waals surface area contributed by atoms with E-state index in [1.54, 1.807) is 24.0 Å². The van der Waals surface area contributed by atoms with E-state index in [-0.39, 0.29) is 23.9 Å². The smallest absolute Gasteiger partial charge is 0.318 e. The Morgan fingerprint density at radius 3 is 2.69 bits per heavy atom. The molecule has 2 aromatic rings. The number of para-hydroxylation sites is 1. The zero-order chi connectivity index (χ0) is 25.7. The standard InChI is InChI=1S/C25H35FN6O4/c1-3-17-7-4-5-10-32(17)21(33)15-20(29-25(35)31-11-13-36-14-12-31)24(34)27-16(2)23-28-19-9-6-8-18(26)22(19)30-23/h6,8-9,16-17,20H,3-5,7,10-15H2,1-2H3,(H,27,34)(H,28,30)(H,29,35)/t16-,17?,20?/m0/s1. The molecule has 11 heteroatoms. The molecule has 3 N–H and O–H groups in total. The van der Waals surface area contributed by atoms with Crippen molar-refractivity contribution in [1.82, 2.24) is 30.4 Å². The van der Waals surface area contributed by atoms with Crippen molar-refractivity contribution in [2.45, 2.75) is 64.1 Å². The molecule has 3 heterocycles. The summed E-state index contributed by atoms with van der Waals surface area (Å²) >= 11 is 0. The van der Waals surface area contributed by atoms with Crippen molar-refractivity contribution < 1.29 is 23.5 Å². The molecule has 4 rings (SSSR count). The number of fused-ring (bicyclic) bond motifs is 1. The van der Waals surface area contributed by atoms with Gasteiger partial charge in [0.05, 0.1) is 31.2 Å². The summed E-state index contributed by atoms with van der Waals surface area (Å²) in [6.45, 7) is 6.11. The number of hydrogen-bond acceptors (Lipinski definition) is 5. The third-order valence-corrected chi connectivity index (χ3v) is 6.96. The predicted molar refractivity (Wildman–Crippen MR) is 132 cm³/mol. The number of aromatic nitrogens is 2. The van der Waals surface area contributed by atoms with Crippen molar-refractivity contribution in [3.8, 4) is 0 Å². The maximum atomic E-state index is 14.1. The van der Waals surface area contributed by atoms with Crippen LogP contribution in [0.2, 0.25) is 0 Å². The average molecular weight is 503 g/mol. The first-order valence-electron chi connectivity index (χ1n) is 12.7. The van der Waals surface area contributed by atoms with E-state index in [1.807, 2.05) is 4.90 Å². The second kappa shape index (κ2) is 11.7. The van der Waals surface area contributed by atoms with Gasteiger partial charge in [-0.25, -0.2) is 14.2 Å². The van der Waals surface area contributed by atoms with E-state index < -0.39 is 29.8 Å². The molecule has 0 aliphatic carbocycles. The van der Waals surface area contributed by atoms with Crippen LogP contribution in [0.25, 0.3) is 11.0 Å². The number of carbonyl (C=O) groups is 3. The van der Waals surface area contributed by atoms with Crippen LogP contribution in [0.5, 0.6) is 0 Å². The van der Waals surface area contributed by atoms with Crippen molar-refractivity contribution in [2.24, 2.45) is 0 Å². The Balaban J connectivity index is 1.48. The molecule has 3 atom stereocenters. The van der Waals surface area contributed by atoms with E-state index in [1.165, 1.54) is 6.07 Å². The molecule has 2 saturated heterocycles. The van der Waals surface area contributed by atoms with E-state index >= 15 is 0 Å².